The van der Waals surface area contributed by atoms with E-state index < -0.39 is 11.2 Å². The molecule has 7 nitrogen and oxygen atoms in total. The lowest BCUT2D eigenvalue weighted by atomic mass is 9.81. The van der Waals surface area contributed by atoms with Crippen molar-refractivity contribution in [2.75, 3.05) is 12.3 Å². The number of benzene rings is 3. The van der Waals surface area contributed by atoms with Gasteiger partial charge < -0.3 is 15.6 Å². The maximum Gasteiger partial charge on any atom is 0.251 e. The van der Waals surface area contributed by atoms with Crippen LogP contribution in [0.1, 0.15) is 54.4 Å². The first kappa shape index (κ1) is 28.6. The van der Waals surface area contributed by atoms with Crippen molar-refractivity contribution in [1.29, 1.82) is 0 Å². The van der Waals surface area contributed by atoms with Gasteiger partial charge in [0.2, 0.25) is 0 Å². The number of carbonyl (C=O) groups is 1. The van der Waals surface area contributed by atoms with Gasteiger partial charge in [-0.05, 0) is 60.5 Å². The summed E-state index contributed by atoms with van der Waals surface area (Å²) in [5, 5.41) is 7.99. The molecule has 0 atom stereocenters. The molecule has 0 saturated heterocycles. The molecule has 0 spiro atoms. The Hall–Kier alpha value is -3.89. The van der Waals surface area contributed by atoms with Crippen LogP contribution in [0.3, 0.4) is 0 Å². The third-order valence-corrected chi connectivity index (χ3v) is 8.27. The minimum atomic E-state index is -0.589. The minimum absolute atomic E-state index is 0.152. The molecule has 1 amide bonds. The van der Waals surface area contributed by atoms with E-state index in [0.717, 1.165) is 17.7 Å². The quantitative estimate of drug-likeness (QED) is 0.174. The molecule has 0 bridgehead atoms. The van der Waals surface area contributed by atoms with Gasteiger partial charge in [-0.2, -0.15) is 0 Å². The van der Waals surface area contributed by atoms with Crippen LogP contribution < -0.4 is 11.1 Å². The number of nitrogen functional groups attached to an aromatic ring is 1. The number of anilines is 1. The Labute approximate surface area is 245 Å². The zero-order valence-corrected chi connectivity index (χ0v) is 24.2. The normalized spacial score (nSPS) is 11.8. The van der Waals surface area contributed by atoms with Crippen molar-refractivity contribution in [3.8, 4) is 5.69 Å². The zero-order valence-electron chi connectivity index (χ0n) is 22.7. The Morgan fingerprint density at radius 1 is 1.15 bits per heavy atom. The highest BCUT2D eigenvalue weighted by molar-refractivity contribution is 7.98. The number of nitrogens with two attached hydrogens (primary N) is 1. The lowest BCUT2D eigenvalue weighted by Gasteiger charge is -2.27. The predicted molar refractivity (Wildman–Crippen MR) is 158 cm³/mol. The highest BCUT2D eigenvalue weighted by atomic mass is 35.5. The number of aromatic nitrogens is 3. The Balaban J connectivity index is 1.51. The molecule has 2 aromatic heterocycles. The molecule has 0 fully saturated rings. The summed E-state index contributed by atoms with van der Waals surface area (Å²) in [6.07, 6.45) is 2.52. The summed E-state index contributed by atoms with van der Waals surface area (Å²) in [6.45, 7) is 6.51. The van der Waals surface area contributed by atoms with E-state index in [0.29, 0.717) is 34.2 Å². The molecule has 3 aromatic carbocycles. The fourth-order valence-corrected chi connectivity index (χ4v) is 5.94. The van der Waals surface area contributed by atoms with E-state index in [1.165, 1.54) is 36.0 Å². The first-order chi connectivity index (χ1) is 19.6. The van der Waals surface area contributed by atoms with Crippen molar-refractivity contribution >= 4 is 46.1 Å². The van der Waals surface area contributed by atoms with Crippen molar-refractivity contribution in [1.82, 2.24) is 20.0 Å². The van der Waals surface area contributed by atoms with Gasteiger partial charge in [-0.3, -0.25) is 9.36 Å². The zero-order chi connectivity index (χ0) is 29.3. The summed E-state index contributed by atoms with van der Waals surface area (Å²) in [7, 11) is 0. The molecule has 0 saturated carbocycles. The molecule has 11 heteroatoms. The first-order valence-corrected chi connectivity index (χ1v) is 14.3. The third kappa shape index (κ3) is 5.67. The van der Waals surface area contributed by atoms with Crippen LogP contribution in [-0.4, -0.2) is 27.2 Å². The first-order valence-electron chi connectivity index (χ1n) is 13.0. The molecule has 0 unspecified atom stereocenters. The van der Waals surface area contributed by atoms with E-state index >= 15 is 4.39 Å². The lowest BCUT2D eigenvalue weighted by molar-refractivity contribution is 0.0953. The maximum absolute atomic E-state index is 15.1. The largest absolute Gasteiger partial charge is 0.380 e. The van der Waals surface area contributed by atoms with Gasteiger partial charge in [-0.15, -0.1) is 0 Å². The SMILES string of the molecule is CCCNC(=O)c1cc(F)c(CSc2ncc(C(C)(C)c3ccc4onc(N)c4c3)n2-c2ccc(F)cc2)c(Cl)c1. The average Bonchev–Trinajstić information content (AvgIpc) is 3.55. The van der Waals surface area contributed by atoms with E-state index in [1.807, 2.05) is 43.5 Å². The van der Waals surface area contributed by atoms with E-state index in [9.17, 15) is 9.18 Å². The number of thioether (sulfide) groups is 1. The number of hydrogen-bond donors (Lipinski definition) is 2. The molecule has 0 aliphatic heterocycles. The molecular formula is C30H28ClF2N5O2S. The standard InChI is InChI=1S/C30H28ClF2N5O2S/c1-4-11-35-28(39)17-12-23(31)22(24(33)13-17)16-41-29-36-15-26(38(29)20-8-6-19(32)7-9-20)30(2,3)18-5-10-25-21(14-18)27(34)37-40-25/h5-10,12-15H,4,11,16H2,1-3H3,(H2,34,37)(H,35,39). The van der Waals surface area contributed by atoms with E-state index in [-0.39, 0.29) is 33.6 Å². The van der Waals surface area contributed by atoms with Crippen LogP contribution in [0.2, 0.25) is 5.02 Å². The Morgan fingerprint density at radius 2 is 1.90 bits per heavy atom. The van der Waals surface area contributed by atoms with Crippen molar-refractivity contribution in [3.63, 3.8) is 0 Å². The van der Waals surface area contributed by atoms with Crippen LogP contribution in [0.5, 0.6) is 0 Å². The maximum atomic E-state index is 15.1. The summed E-state index contributed by atoms with van der Waals surface area (Å²) >= 11 is 7.72. The average molecular weight is 596 g/mol. The number of carbonyl (C=O) groups excluding carboxylic acids is 1. The fraction of sp³-hybridized carbons (Fsp3) is 0.233. The second kappa shape index (κ2) is 11.5. The summed E-state index contributed by atoms with van der Waals surface area (Å²) in [5.41, 5.74) is 8.86. The van der Waals surface area contributed by atoms with Crippen LogP contribution in [0.25, 0.3) is 16.7 Å². The molecule has 2 heterocycles. The predicted octanol–water partition coefficient (Wildman–Crippen LogP) is 7.29. The number of imidazole rings is 1. The minimum Gasteiger partial charge on any atom is -0.380 e. The molecule has 5 aromatic rings. The molecule has 212 valence electrons. The molecule has 5 rings (SSSR count). The summed E-state index contributed by atoms with van der Waals surface area (Å²) in [6, 6.07) is 14.4. The van der Waals surface area contributed by atoms with E-state index in [1.54, 1.807) is 18.3 Å². The Kier molecular flexibility index (Phi) is 8.06. The van der Waals surface area contributed by atoms with E-state index in [4.69, 9.17) is 21.9 Å². The number of nitrogens with one attached hydrogen (secondary N) is 1. The molecule has 3 N–H and O–H groups in total. The fourth-order valence-electron chi connectivity index (χ4n) is 4.56. The van der Waals surface area contributed by atoms with Gasteiger partial charge in [0.1, 0.15) is 11.6 Å². The molecule has 41 heavy (non-hydrogen) atoms. The van der Waals surface area contributed by atoms with Crippen molar-refractivity contribution in [2.24, 2.45) is 0 Å². The number of hydrogen-bond acceptors (Lipinski definition) is 6. The smallest absolute Gasteiger partial charge is 0.251 e. The van der Waals surface area contributed by atoms with Gasteiger partial charge >= 0.3 is 0 Å². The third-order valence-electron chi connectivity index (χ3n) is 6.96. The van der Waals surface area contributed by atoms with Gasteiger partial charge in [0.05, 0.1) is 17.3 Å². The number of rotatable bonds is 9. The van der Waals surface area contributed by atoms with Gasteiger partial charge in [-0.25, -0.2) is 13.8 Å². The van der Waals surface area contributed by atoms with Gasteiger partial charge in [0.25, 0.3) is 5.91 Å². The molecule has 0 aliphatic carbocycles. The Bertz CT molecular complexity index is 1710. The summed E-state index contributed by atoms with van der Waals surface area (Å²) < 4.78 is 36.2. The van der Waals surface area contributed by atoms with Crippen LogP contribution in [-0.2, 0) is 11.2 Å². The van der Waals surface area contributed by atoms with Crippen molar-refractivity contribution in [3.05, 3.63) is 99.8 Å². The van der Waals surface area contributed by atoms with Crippen LogP contribution in [0.15, 0.2) is 70.5 Å². The van der Waals surface area contributed by atoms with Crippen LogP contribution in [0, 0.1) is 11.6 Å². The highest BCUT2D eigenvalue weighted by Gasteiger charge is 2.30. The van der Waals surface area contributed by atoms with Gasteiger partial charge in [0, 0.05) is 39.5 Å². The second-order valence-corrected chi connectivity index (χ2v) is 11.5. The lowest BCUT2D eigenvalue weighted by Crippen LogP contribution is -2.24. The van der Waals surface area contributed by atoms with Crippen molar-refractivity contribution < 1.29 is 18.1 Å². The highest BCUT2D eigenvalue weighted by Crippen LogP contribution is 2.39. The Morgan fingerprint density at radius 3 is 2.61 bits per heavy atom. The number of halogens is 3. The molecule has 0 aliphatic rings. The number of nitrogens with zero attached hydrogens (tertiary/aromatic N) is 3. The van der Waals surface area contributed by atoms with Crippen LogP contribution >= 0.6 is 23.4 Å². The topological polar surface area (TPSA) is 99.0 Å². The summed E-state index contributed by atoms with van der Waals surface area (Å²) in [4.78, 5) is 17.0. The van der Waals surface area contributed by atoms with Crippen molar-refractivity contribution in [2.45, 2.75) is 43.5 Å². The van der Waals surface area contributed by atoms with Gasteiger partial charge in [0.15, 0.2) is 16.6 Å². The summed E-state index contributed by atoms with van der Waals surface area (Å²) in [5.74, 6) is -0.866. The van der Waals surface area contributed by atoms with Crippen LogP contribution in [0.4, 0.5) is 14.6 Å². The second-order valence-electron chi connectivity index (χ2n) is 10.1. The number of fused-ring (bicyclic) bond motifs is 1. The molecule has 0 radical (unpaired) electrons. The molecular weight excluding hydrogens is 568 g/mol. The van der Waals surface area contributed by atoms with Gasteiger partial charge in [-0.1, -0.05) is 55.4 Å². The van der Waals surface area contributed by atoms with E-state index in [2.05, 4.69) is 15.5 Å². The number of amides is 1. The monoisotopic (exact) mass is 595 g/mol.